The van der Waals surface area contributed by atoms with Gasteiger partial charge in [0.05, 0.1) is 5.60 Å². The molecule has 3 heteroatoms. The minimum atomic E-state index is -1.08. The van der Waals surface area contributed by atoms with Crippen LogP contribution < -0.4 is 0 Å². The van der Waals surface area contributed by atoms with Crippen molar-refractivity contribution in [2.75, 3.05) is 0 Å². The monoisotopic (exact) mass is 483 g/mol. The lowest BCUT2D eigenvalue weighted by Crippen LogP contribution is -2.49. The average molecular weight is 484 g/mol. The van der Waals surface area contributed by atoms with Gasteiger partial charge >= 0.3 is 0 Å². The van der Waals surface area contributed by atoms with Gasteiger partial charge in [0, 0.05) is 18.4 Å². The lowest BCUT2D eigenvalue weighted by atomic mass is 9.79. The van der Waals surface area contributed by atoms with Gasteiger partial charge in [0.2, 0.25) is 5.90 Å². The molecule has 0 aromatic heterocycles. The van der Waals surface area contributed by atoms with E-state index in [0.29, 0.717) is 18.7 Å². The number of rotatable bonds is 6. The second kappa shape index (κ2) is 9.86. The summed E-state index contributed by atoms with van der Waals surface area (Å²) < 4.78 is 6.41. The van der Waals surface area contributed by atoms with E-state index in [2.05, 4.69) is 84.0 Å². The zero-order chi connectivity index (χ0) is 26.1. The first-order chi connectivity index (χ1) is 16.8. The second-order valence-electron chi connectivity index (χ2n) is 12.4. The summed E-state index contributed by atoms with van der Waals surface area (Å²) in [5.41, 5.74) is 4.62. The Hall–Kier alpha value is -2.91. The van der Waals surface area contributed by atoms with E-state index < -0.39 is 5.60 Å². The number of hydrogen-bond acceptors (Lipinski definition) is 3. The van der Waals surface area contributed by atoms with E-state index in [1.807, 2.05) is 43.3 Å². The molecule has 190 valence electrons. The molecule has 0 radical (unpaired) electrons. The SMILES string of the molecule is CC1OC(c2cc(C(C)(C)C)cc(C(C)(C)C)c2)=NC1C(O)(Cc1ccccc1)Cc1ccccc1. The van der Waals surface area contributed by atoms with E-state index in [1.165, 1.54) is 11.1 Å². The van der Waals surface area contributed by atoms with Crippen LogP contribution in [0.3, 0.4) is 0 Å². The Morgan fingerprint density at radius 2 is 1.17 bits per heavy atom. The molecule has 0 spiro atoms. The third-order valence-electron chi connectivity index (χ3n) is 7.17. The number of benzene rings is 3. The van der Waals surface area contributed by atoms with Crippen LogP contribution in [0.15, 0.2) is 83.9 Å². The summed E-state index contributed by atoms with van der Waals surface area (Å²) in [6.45, 7) is 15.4. The normalized spacial score (nSPS) is 18.6. The number of hydrogen-bond donors (Lipinski definition) is 1. The van der Waals surface area contributed by atoms with Gasteiger partial charge in [0.15, 0.2) is 0 Å². The summed E-state index contributed by atoms with van der Waals surface area (Å²) in [4.78, 5) is 5.09. The Balaban J connectivity index is 1.76. The van der Waals surface area contributed by atoms with Gasteiger partial charge in [-0.1, -0.05) is 108 Å². The lowest BCUT2D eigenvalue weighted by molar-refractivity contribution is -0.0102. The largest absolute Gasteiger partial charge is 0.472 e. The van der Waals surface area contributed by atoms with Crippen LogP contribution in [0, 0.1) is 0 Å². The van der Waals surface area contributed by atoms with Crippen molar-refractivity contribution in [1.29, 1.82) is 0 Å². The van der Waals surface area contributed by atoms with Gasteiger partial charge in [0.25, 0.3) is 0 Å². The molecule has 2 atom stereocenters. The van der Waals surface area contributed by atoms with Crippen LogP contribution in [0.25, 0.3) is 0 Å². The zero-order valence-electron chi connectivity index (χ0n) is 22.9. The Kier molecular flexibility index (Phi) is 7.16. The summed E-state index contributed by atoms with van der Waals surface area (Å²) in [6.07, 6.45) is 0.772. The number of nitrogens with zero attached hydrogens (tertiary/aromatic N) is 1. The van der Waals surface area contributed by atoms with Crippen LogP contribution in [0.4, 0.5) is 0 Å². The Morgan fingerprint density at radius 3 is 1.58 bits per heavy atom. The molecule has 1 heterocycles. The van der Waals surface area contributed by atoms with Crippen LogP contribution in [0.5, 0.6) is 0 Å². The van der Waals surface area contributed by atoms with Gasteiger partial charge in [-0.25, -0.2) is 4.99 Å². The fourth-order valence-electron chi connectivity index (χ4n) is 4.99. The average Bonchev–Trinajstić information content (AvgIpc) is 3.21. The quantitative estimate of drug-likeness (QED) is 0.409. The molecule has 1 aliphatic rings. The maximum atomic E-state index is 12.2. The predicted octanol–water partition coefficient (Wildman–Crippen LogP) is 7.03. The molecular formula is C33H41NO2. The van der Waals surface area contributed by atoms with E-state index >= 15 is 0 Å². The van der Waals surface area contributed by atoms with Crippen molar-refractivity contribution in [3.63, 3.8) is 0 Å². The molecular weight excluding hydrogens is 442 g/mol. The number of aliphatic hydroxyl groups is 1. The van der Waals surface area contributed by atoms with Crippen LogP contribution in [-0.4, -0.2) is 28.8 Å². The predicted molar refractivity (Wildman–Crippen MR) is 150 cm³/mol. The molecule has 3 nitrogen and oxygen atoms in total. The van der Waals surface area contributed by atoms with Crippen molar-refractivity contribution < 1.29 is 9.84 Å². The van der Waals surface area contributed by atoms with Crippen LogP contribution in [0.1, 0.15) is 76.3 Å². The molecule has 4 rings (SSSR count). The maximum absolute atomic E-state index is 12.2. The first kappa shape index (κ1) is 26.2. The van der Waals surface area contributed by atoms with Gasteiger partial charge in [0.1, 0.15) is 12.1 Å². The molecule has 0 aliphatic carbocycles. The summed E-state index contributed by atoms with van der Waals surface area (Å²) in [5.74, 6) is 0.628. The molecule has 3 aromatic rings. The van der Waals surface area contributed by atoms with Gasteiger partial charge in [-0.2, -0.15) is 0 Å². The van der Waals surface area contributed by atoms with E-state index in [4.69, 9.17) is 9.73 Å². The van der Waals surface area contributed by atoms with Crippen molar-refractivity contribution >= 4 is 5.90 Å². The fraction of sp³-hybridized carbons (Fsp3) is 0.424. The smallest absolute Gasteiger partial charge is 0.216 e. The molecule has 2 unspecified atom stereocenters. The van der Waals surface area contributed by atoms with E-state index in [-0.39, 0.29) is 23.0 Å². The van der Waals surface area contributed by atoms with Crippen molar-refractivity contribution in [2.45, 2.75) is 89.9 Å². The molecule has 0 saturated carbocycles. The molecule has 3 aromatic carbocycles. The molecule has 1 aliphatic heterocycles. The summed E-state index contributed by atoms with van der Waals surface area (Å²) in [7, 11) is 0. The highest BCUT2D eigenvalue weighted by atomic mass is 16.5. The highest BCUT2D eigenvalue weighted by Crippen LogP contribution is 2.35. The minimum absolute atomic E-state index is 0.00153. The molecule has 36 heavy (non-hydrogen) atoms. The lowest BCUT2D eigenvalue weighted by Gasteiger charge is -2.34. The van der Waals surface area contributed by atoms with Crippen molar-refractivity contribution in [3.05, 3.63) is 107 Å². The Bertz CT molecular complexity index is 1130. The van der Waals surface area contributed by atoms with Crippen LogP contribution >= 0.6 is 0 Å². The van der Waals surface area contributed by atoms with Crippen molar-refractivity contribution in [3.8, 4) is 0 Å². The molecule has 0 fully saturated rings. The van der Waals surface area contributed by atoms with Gasteiger partial charge in [-0.3, -0.25) is 0 Å². The van der Waals surface area contributed by atoms with E-state index in [0.717, 1.165) is 16.7 Å². The zero-order valence-corrected chi connectivity index (χ0v) is 22.9. The topological polar surface area (TPSA) is 41.8 Å². The summed E-state index contributed by atoms with van der Waals surface area (Å²) in [5, 5.41) is 12.2. The number of ether oxygens (including phenoxy) is 1. The number of aliphatic imine (C=N–C) groups is 1. The standard InChI is InChI=1S/C33H41NO2/c1-23-29(33(35,21-24-14-10-8-11-15-24)22-25-16-12-9-13-17-25)34-30(36-23)26-18-27(31(2,3)4)20-28(19-26)32(5,6)7/h8-20,23,29,35H,21-22H2,1-7H3. The molecule has 0 bridgehead atoms. The third-order valence-corrected chi connectivity index (χ3v) is 7.17. The molecule has 1 N–H and O–H groups in total. The van der Waals surface area contributed by atoms with Crippen molar-refractivity contribution in [2.24, 2.45) is 4.99 Å². The minimum Gasteiger partial charge on any atom is -0.472 e. The first-order valence-electron chi connectivity index (χ1n) is 13.1. The summed E-state index contributed by atoms with van der Waals surface area (Å²) >= 11 is 0. The molecule has 0 saturated heterocycles. The Labute approximate surface area is 217 Å². The van der Waals surface area contributed by atoms with Gasteiger partial charge < -0.3 is 9.84 Å². The van der Waals surface area contributed by atoms with Crippen LogP contribution in [-0.2, 0) is 28.4 Å². The van der Waals surface area contributed by atoms with Crippen LogP contribution in [0.2, 0.25) is 0 Å². The first-order valence-corrected chi connectivity index (χ1v) is 13.1. The highest BCUT2D eigenvalue weighted by molar-refractivity contribution is 5.96. The highest BCUT2D eigenvalue weighted by Gasteiger charge is 2.45. The van der Waals surface area contributed by atoms with Gasteiger partial charge in [-0.15, -0.1) is 0 Å². The fourth-order valence-corrected chi connectivity index (χ4v) is 4.99. The Morgan fingerprint density at radius 1 is 0.722 bits per heavy atom. The third kappa shape index (κ3) is 5.90. The van der Waals surface area contributed by atoms with Crippen molar-refractivity contribution in [1.82, 2.24) is 0 Å². The maximum Gasteiger partial charge on any atom is 0.216 e. The molecule has 0 amide bonds. The van der Waals surface area contributed by atoms with E-state index in [1.54, 1.807) is 0 Å². The van der Waals surface area contributed by atoms with E-state index in [9.17, 15) is 5.11 Å². The summed E-state index contributed by atoms with van der Waals surface area (Å²) in [6, 6.07) is 26.7. The second-order valence-corrected chi connectivity index (χ2v) is 12.4. The van der Waals surface area contributed by atoms with Gasteiger partial charge in [-0.05, 0) is 52.1 Å².